The molecule has 1 aromatic heterocycles. The number of para-hydroxylation sites is 1. The number of fused-ring (bicyclic) bond motifs is 3. The third kappa shape index (κ3) is 2.89. The van der Waals surface area contributed by atoms with Gasteiger partial charge in [-0.15, -0.1) is 0 Å². The lowest BCUT2D eigenvalue weighted by molar-refractivity contribution is -0.143. The van der Waals surface area contributed by atoms with Gasteiger partial charge in [-0.1, -0.05) is 12.1 Å². The van der Waals surface area contributed by atoms with Crippen LogP contribution in [0.25, 0.3) is 10.9 Å². The molecule has 0 saturated carbocycles. The number of nitrogens with one attached hydrogen (secondary N) is 1. The first-order valence-electron chi connectivity index (χ1n) is 8.84. The van der Waals surface area contributed by atoms with E-state index in [1.165, 1.54) is 19.2 Å². The maximum atomic E-state index is 13.4. The monoisotopic (exact) mass is 396 g/mol. The number of carbonyl (C=O) groups is 1. The van der Waals surface area contributed by atoms with Gasteiger partial charge in [0.25, 0.3) is 0 Å². The molecule has 1 spiro atoms. The number of aliphatic hydroxyl groups excluding tert-OH is 1. The minimum Gasteiger partial charge on any atom is -0.483 e. The molecule has 0 amide bonds. The van der Waals surface area contributed by atoms with Crippen molar-refractivity contribution in [1.29, 1.82) is 0 Å². The van der Waals surface area contributed by atoms with E-state index in [-0.39, 0.29) is 35.2 Å². The Morgan fingerprint density at radius 3 is 2.82 bits per heavy atom. The summed E-state index contributed by atoms with van der Waals surface area (Å²) in [5.74, 6) is -0.151. The number of aromatic nitrogens is 1. The van der Waals surface area contributed by atoms with Crippen molar-refractivity contribution in [2.75, 3.05) is 13.7 Å². The zero-order valence-electron chi connectivity index (χ0n) is 15.3. The second-order valence-electron chi connectivity index (χ2n) is 7.31. The van der Waals surface area contributed by atoms with Crippen molar-refractivity contribution < 1.29 is 32.5 Å². The first-order chi connectivity index (χ1) is 13.1. The van der Waals surface area contributed by atoms with Crippen LogP contribution in [0.4, 0.5) is 13.2 Å². The third-order valence-corrected chi connectivity index (χ3v) is 5.43. The van der Waals surface area contributed by atoms with Gasteiger partial charge in [-0.2, -0.15) is 13.2 Å². The molecule has 0 bridgehead atoms. The SMILES string of the molecule is COC(=O)C1CC2(CN1)CC(O)c1c(c(C)nc3c(C(F)(F)F)cccc13)O2. The highest BCUT2D eigenvalue weighted by Gasteiger charge is 2.49. The van der Waals surface area contributed by atoms with Crippen LogP contribution >= 0.6 is 0 Å². The Kier molecular flexibility index (Phi) is 4.27. The number of methoxy groups -OCH3 is 1. The number of pyridine rings is 1. The molecule has 2 aromatic rings. The molecule has 2 aliphatic heterocycles. The standard InChI is InChI=1S/C19H19F3N2O4/c1-9-16-14(10-4-3-5-11(15(10)24-9)19(20,21)22)13(25)7-18(28-16)6-12(23-8-18)17(26)27-2/h3-5,12-13,23,25H,6-8H2,1-2H3. The fraction of sp³-hybridized carbons (Fsp3) is 0.474. The van der Waals surface area contributed by atoms with Crippen LogP contribution in [0, 0.1) is 6.92 Å². The Balaban J connectivity index is 1.81. The number of ether oxygens (including phenoxy) is 2. The maximum absolute atomic E-state index is 13.4. The largest absolute Gasteiger partial charge is 0.483 e. The third-order valence-electron chi connectivity index (χ3n) is 5.43. The second kappa shape index (κ2) is 6.31. The first kappa shape index (κ1) is 18.9. The molecule has 2 aliphatic rings. The summed E-state index contributed by atoms with van der Waals surface area (Å²) in [6.07, 6.45) is -5.17. The Morgan fingerprint density at radius 1 is 1.39 bits per heavy atom. The minimum atomic E-state index is -4.56. The maximum Gasteiger partial charge on any atom is 0.418 e. The second-order valence-corrected chi connectivity index (χ2v) is 7.31. The Bertz CT molecular complexity index is 962. The number of rotatable bonds is 1. The van der Waals surface area contributed by atoms with Gasteiger partial charge in [-0.3, -0.25) is 4.79 Å². The molecule has 0 radical (unpaired) electrons. The van der Waals surface area contributed by atoms with E-state index in [0.29, 0.717) is 12.1 Å². The average Bonchev–Trinajstić information content (AvgIpc) is 3.03. The van der Waals surface area contributed by atoms with Gasteiger partial charge in [0.15, 0.2) is 0 Å². The van der Waals surface area contributed by atoms with Gasteiger partial charge in [-0.05, 0) is 13.0 Å². The van der Waals surface area contributed by atoms with Crippen LogP contribution in [-0.2, 0) is 15.7 Å². The van der Waals surface area contributed by atoms with E-state index in [4.69, 9.17) is 9.47 Å². The molecule has 1 saturated heterocycles. The fourth-order valence-corrected chi connectivity index (χ4v) is 4.19. The highest BCUT2D eigenvalue weighted by atomic mass is 19.4. The summed E-state index contributed by atoms with van der Waals surface area (Å²) in [5, 5.41) is 14.1. The van der Waals surface area contributed by atoms with Crippen molar-refractivity contribution >= 4 is 16.9 Å². The number of hydrogen-bond donors (Lipinski definition) is 2. The normalized spacial score (nSPS) is 26.9. The van der Waals surface area contributed by atoms with Gasteiger partial charge in [-0.25, -0.2) is 4.98 Å². The molecule has 3 atom stereocenters. The van der Waals surface area contributed by atoms with Crippen LogP contribution in [0.1, 0.15) is 35.8 Å². The number of aliphatic hydroxyl groups is 1. The molecule has 0 aliphatic carbocycles. The summed E-state index contributed by atoms with van der Waals surface area (Å²) in [6, 6.07) is 3.21. The van der Waals surface area contributed by atoms with Gasteiger partial charge >= 0.3 is 12.1 Å². The van der Waals surface area contributed by atoms with E-state index < -0.39 is 35.5 Å². The number of carbonyl (C=O) groups excluding carboxylic acids is 1. The van der Waals surface area contributed by atoms with Crippen LogP contribution in [-0.4, -0.2) is 41.4 Å². The lowest BCUT2D eigenvalue weighted by Crippen LogP contribution is -2.43. The van der Waals surface area contributed by atoms with E-state index in [2.05, 4.69) is 10.3 Å². The number of hydrogen-bond acceptors (Lipinski definition) is 6. The molecule has 6 nitrogen and oxygen atoms in total. The quantitative estimate of drug-likeness (QED) is 0.722. The number of benzene rings is 1. The lowest BCUT2D eigenvalue weighted by Gasteiger charge is -2.38. The molecule has 2 N–H and O–H groups in total. The molecule has 1 aromatic carbocycles. The molecular formula is C19H19F3N2O4. The van der Waals surface area contributed by atoms with E-state index in [1.54, 1.807) is 6.92 Å². The summed E-state index contributed by atoms with van der Waals surface area (Å²) in [6.45, 7) is 1.86. The average molecular weight is 396 g/mol. The van der Waals surface area contributed by atoms with E-state index in [0.717, 1.165) is 6.07 Å². The van der Waals surface area contributed by atoms with Crippen LogP contribution in [0.5, 0.6) is 5.75 Å². The summed E-state index contributed by atoms with van der Waals surface area (Å²) >= 11 is 0. The van der Waals surface area contributed by atoms with Gasteiger partial charge in [0.05, 0.1) is 30.0 Å². The van der Waals surface area contributed by atoms with Crippen molar-refractivity contribution in [3.8, 4) is 5.75 Å². The van der Waals surface area contributed by atoms with Crippen molar-refractivity contribution in [2.24, 2.45) is 0 Å². The van der Waals surface area contributed by atoms with Crippen LogP contribution in [0.15, 0.2) is 18.2 Å². The molecule has 4 rings (SSSR count). The summed E-state index contributed by atoms with van der Waals surface area (Å²) in [4.78, 5) is 16.0. The number of aryl methyl sites for hydroxylation is 1. The molecule has 3 unspecified atom stereocenters. The highest BCUT2D eigenvalue weighted by molar-refractivity contribution is 5.88. The Morgan fingerprint density at radius 2 is 2.14 bits per heavy atom. The number of alkyl halides is 3. The van der Waals surface area contributed by atoms with Gasteiger partial charge in [0.2, 0.25) is 0 Å². The van der Waals surface area contributed by atoms with E-state index in [9.17, 15) is 23.1 Å². The summed E-state index contributed by atoms with van der Waals surface area (Å²) < 4.78 is 51.1. The number of esters is 1. The van der Waals surface area contributed by atoms with Crippen molar-refractivity contribution in [3.05, 3.63) is 35.0 Å². The van der Waals surface area contributed by atoms with Crippen LogP contribution in [0.2, 0.25) is 0 Å². The highest BCUT2D eigenvalue weighted by Crippen LogP contribution is 2.48. The van der Waals surface area contributed by atoms with Gasteiger partial charge < -0.3 is 19.9 Å². The van der Waals surface area contributed by atoms with Crippen molar-refractivity contribution in [1.82, 2.24) is 10.3 Å². The summed E-state index contributed by atoms with van der Waals surface area (Å²) in [7, 11) is 1.29. The van der Waals surface area contributed by atoms with E-state index in [1.807, 2.05) is 0 Å². The van der Waals surface area contributed by atoms with Gasteiger partial charge in [0, 0.05) is 30.3 Å². The minimum absolute atomic E-state index is 0.148. The molecule has 150 valence electrons. The predicted molar refractivity (Wildman–Crippen MR) is 92.8 cm³/mol. The van der Waals surface area contributed by atoms with Crippen molar-refractivity contribution in [3.63, 3.8) is 0 Å². The van der Waals surface area contributed by atoms with Crippen molar-refractivity contribution in [2.45, 2.75) is 43.7 Å². The summed E-state index contributed by atoms with van der Waals surface area (Å²) in [5.41, 5.74) is -1.34. The zero-order valence-corrected chi connectivity index (χ0v) is 15.3. The topological polar surface area (TPSA) is 80.7 Å². The smallest absolute Gasteiger partial charge is 0.418 e. The van der Waals surface area contributed by atoms with Crippen LogP contribution in [0.3, 0.4) is 0 Å². The molecular weight excluding hydrogens is 377 g/mol. The zero-order chi connectivity index (χ0) is 20.3. The van der Waals surface area contributed by atoms with Crippen LogP contribution < -0.4 is 10.1 Å². The first-order valence-corrected chi connectivity index (χ1v) is 8.84. The molecule has 1 fully saturated rings. The number of nitrogens with zero attached hydrogens (tertiary/aromatic N) is 1. The molecule has 9 heteroatoms. The lowest BCUT2D eigenvalue weighted by atomic mass is 9.85. The number of halogens is 3. The fourth-order valence-electron chi connectivity index (χ4n) is 4.19. The molecule has 28 heavy (non-hydrogen) atoms. The Hall–Kier alpha value is -2.39. The predicted octanol–water partition coefficient (Wildman–Crippen LogP) is 2.65. The van der Waals surface area contributed by atoms with E-state index >= 15 is 0 Å². The molecule has 3 heterocycles. The van der Waals surface area contributed by atoms with Gasteiger partial charge in [0.1, 0.15) is 17.4 Å². The Labute approximate surface area is 158 Å².